The van der Waals surface area contributed by atoms with E-state index in [-0.39, 0.29) is 34.1 Å². The van der Waals surface area contributed by atoms with E-state index in [9.17, 15) is 30.3 Å². The Morgan fingerprint density at radius 3 is 2.41 bits per heavy atom. The number of rotatable bonds is 7. The molecule has 17 unspecified atom stereocenters. The Morgan fingerprint density at radius 1 is 0.918 bits per heavy atom. The van der Waals surface area contributed by atoms with Gasteiger partial charge in [0.1, 0.15) is 60.5 Å². The molecule has 0 amide bonds. The summed E-state index contributed by atoms with van der Waals surface area (Å²) in [4.78, 5) is 11.9. The van der Waals surface area contributed by atoms with E-state index in [1.54, 1.807) is 13.0 Å². The van der Waals surface area contributed by atoms with Crippen LogP contribution in [0.3, 0.4) is 0 Å². The maximum atomic E-state index is 11.9. The number of esters is 1. The van der Waals surface area contributed by atoms with Crippen LogP contribution in [0.1, 0.15) is 72.1 Å². The highest BCUT2D eigenvalue weighted by Crippen LogP contribution is 2.80. The van der Waals surface area contributed by atoms with Gasteiger partial charge in [-0.15, -0.1) is 0 Å². The number of aliphatic hydroxyl groups excluding tert-OH is 5. The van der Waals surface area contributed by atoms with Crippen molar-refractivity contribution >= 4 is 5.97 Å². The summed E-state index contributed by atoms with van der Waals surface area (Å²) >= 11 is 0. The number of hydrogen-bond acceptors (Lipinski definition) is 13. The van der Waals surface area contributed by atoms with Gasteiger partial charge in [0.25, 0.3) is 0 Å². The fourth-order valence-electron chi connectivity index (χ4n) is 11.5. The molecule has 3 saturated carbocycles. The van der Waals surface area contributed by atoms with Crippen LogP contribution in [0.4, 0.5) is 0 Å². The number of methoxy groups -OCH3 is 1. The van der Waals surface area contributed by atoms with Crippen LogP contribution in [0.2, 0.25) is 0 Å². The molecule has 13 nitrogen and oxygen atoms in total. The third-order valence-electron chi connectivity index (χ3n) is 14.2. The molecule has 0 aromatic heterocycles. The first kappa shape index (κ1) is 34.6. The Balaban J connectivity index is 0.917. The Kier molecular flexibility index (Phi) is 8.49. The molecule has 13 heteroatoms. The number of hydrogen-bond donors (Lipinski definition) is 5. The molecule has 17 atom stereocenters. The maximum Gasteiger partial charge on any atom is 0.331 e. The van der Waals surface area contributed by atoms with E-state index in [1.807, 2.05) is 0 Å². The number of carbonyl (C=O) groups is 1. The first-order valence-corrected chi connectivity index (χ1v) is 18.1. The zero-order valence-corrected chi connectivity index (χ0v) is 28.7. The van der Waals surface area contributed by atoms with Gasteiger partial charge in [0.2, 0.25) is 0 Å². The monoisotopic (exact) mass is 692 g/mol. The molecule has 4 aliphatic carbocycles. The first-order chi connectivity index (χ1) is 23.3. The summed E-state index contributed by atoms with van der Waals surface area (Å²) in [5, 5.41) is 51.9. The SMILES string of the molecule is COC1C(O)C(OC2CCC3(C)C(CCC45OC46CC=C(C4=CC(=O)OC4)C6(C)CCC35)C2)OC(C)C1OC1OC(CO)C(O)C(O)C1O. The Hall–Kier alpha value is -1.49. The summed E-state index contributed by atoms with van der Waals surface area (Å²) in [6, 6.07) is 0. The quantitative estimate of drug-likeness (QED) is 0.145. The van der Waals surface area contributed by atoms with Crippen molar-refractivity contribution in [2.45, 2.75) is 151 Å². The molecule has 8 rings (SSSR count). The maximum absolute atomic E-state index is 11.9. The molecule has 49 heavy (non-hydrogen) atoms. The third kappa shape index (κ3) is 4.87. The van der Waals surface area contributed by atoms with E-state index >= 15 is 0 Å². The van der Waals surface area contributed by atoms with Gasteiger partial charge in [-0.05, 0) is 81.1 Å². The van der Waals surface area contributed by atoms with Crippen LogP contribution in [0.25, 0.3) is 0 Å². The highest BCUT2D eigenvalue weighted by molar-refractivity contribution is 5.87. The minimum absolute atomic E-state index is 0.0934. The summed E-state index contributed by atoms with van der Waals surface area (Å²) in [6.07, 6.45) is -0.346. The lowest BCUT2D eigenvalue weighted by Crippen LogP contribution is -2.64. The van der Waals surface area contributed by atoms with Crippen LogP contribution in [0.15, 0.2) is 23.3 Å². The van der Waals surface area contributed by atoms with Gasteiger partial charge in [0.15, 0.2) is 12.6 Å². The molecule has 0 radical (unpaired) electrons. The lowest BCUT2D eigenvalue weighted by Gasteiger charge is -2.58. The van der Waals surface area contributed by atoms with Crippen LogP contribution in [-0.4, -0.2) is 131 Å². The van der Waals surface area contributed by atoms with E-state index in [2.05, 4.69) is 19.9 Å². The van der Waals surface area contributed by atoms with Gasteiger partial charge in [-0.2, -0.15) is 0 Å². The van der Waals surface area contributed by atoms with Crippen molar-refractivity contribution in [3.63, 3.8) is 0 Å². The van der Waals surface area contributed by atoms with E-state index in [1.165, 1.54) is 12.7 Å². The molecule has 0 bridgehead atoms. The molecular formula is C36H52O13. The zero-order valence-electron chi connectivity index (χ0n) is 28.7. The minimum Gasteiger partial charge on any atom is -0.458 e. The molecule has 2 spiro atoms. The summed E-state index contributed by atoms with van der Waals surface area (Å²) in [7, 11) is 1.44. The van der Waals surface area contributed by atoms with E-state index in [0.717, 1.165) is 56.9 Å². The Bertz CT molecular complexity index is 1380. The normalized spacial score (nSPS) is 55.0. The first-order valence-electron chi connectivity index (χ1n) is 18.1. The van der Waals surface area contributed by atoms with Crippen LogP contribution >= 0.6 is 0 Å². The van der Waals surface area contributed by atoms with Crippen molar-refractivity contribution in [1.29, 1.82) is 0 Å². The van der Waals surface area contributed by atoms with Crippen molar-refractivity contribution in [3.05, 3.63) is 23.3 Å². The predicted molar refractivity (Wildman–Crippen MR) is 168 cm³/mol. The molecule has 4 heterocycles. The van der Waals surface area contributed by atoms with Crippen LogP contribution in [-0.2, 0) is 38.0 Å². The van der Waals surface area contributed by atoms with Gasteiger partial charge >= 0.3 is 5.97 Å². The lowest BCUT2D eigenvalue weighted by molar-refractivity contribution is -0.362. The highest BCUT2D eigenvalue weighted by Gasteiger charge is 2.85. The number of cyclic esters (lactones) is 1. The average Bonchev–Trinajstić information content (AvgIpc) is 3.39. The van der Waals surface area contributed by atoms with Gasteiger partial charge in [0.05, 0.1) is 18.8 Å². The molecule has 3 saturated heterocycles. The van der Waals surface area contributed by atoms with Gasteiger partial charge < -0.3 is 58.7 Å². The molecule has 4 aliphatic heterocycles. The van der Waals surface area contributed by atoms with Crippen LogP contribution in [0.5, 0.6) is 0 Å². The van der Waals surface area contributed by atoms with Crippen molar-refractivity contribution in [1.82, 2.24) is 0 Å². The number of epoxide rings is 1. The number of ether oxygens (including phenoxy) is 7. The van der Waals surface area contributed by atoms with Crippen molar-refractivity contribution in [3.8, 4) is 0 Å². The fourth-order valence-corrected chi connectivity index (χ4v) is 11.5. The zero-order chi connectivity index (χ0) is 34.7. The third-order valence-corrected chi connectivity index (χ3v) is 14.2. The lowest BCUT2D eigenvalue weighted by atomic mass is 9.44. The van der Waals surface area contributed by atoms with Crippen molar-refractivity contribution < 1.29 is 63.5 Å². The second-order valence-electron chi connectivity index (χ2n) is 16.3. The number of carbonyl (C=O) groups excluding carboxylic acids is 1. The van der Waals surface area contributed by atoms with Gasteiger partial charge in [-0.3, -0.25) is 0 Å². The summed E-state index contributed by atoms with van der Waals surface area (Å²) in [6.45, 7) is 6.30. The Morgan fingerprint density at radius 2 is 1.69 bits per heavy atom. The van der Waals surface area contributed by atoms with Gasteiger partial charge in [0, 0.05) is 24.2 Å². The summed E-state index contributed by atoms with van der Waals surface area (Å²) < 4.78 is 42.2. The molecule has 6 fully saturated rings. The van der Waals surface area contributed by atoms with Crippen LogP contribution < -0.4 is 0 Å². The standard InChI is InChI=1S/C36H52O13/c1-17-29(48-31-27(41)26(40)25(39)22(15-37)47-31)30(43-4)28(42)32(45-17)46-20-6-9-33(2)19(14-20)5-11-35-23(33)8-10-34(3)21(7-12-36(34,35)49-35)18-13-24(38)44-16-18/h7,13,17,19-20,22-23,25-32,37,39-42H,5-6,8-12,14-16H2,1-4H3. The summed E-state index contributed by atoms with van der Waals surface area (Å²) in [5.41, 5.74) is 1.85. The average molecular weight is 693 g/mol. The Labute approximate surface area is 286 Å². The smallest absolute Gasteiger partial charge is 0.331 e. The minimum atomic E-state index is -1.59. The van der Waals surface area contributed by atoms with Gasteiger partial charge in [-0.1, -0.05) is 19.9 Å². The van der Waals surface area contributed by atoms with Gasteiger partial charge in [-0.25, -0.2) is 4.79 Å². The second kappa shape index (κ2) is 12.0. The van der Waals surface area contributed by atoms with Crippen molar-refractivity contribution in [2.24, 2.45) is 22.7 Å². The molecule has 0 aromatic carbocycles. The molecule has 0 aromatic rings. The largest absolute Gasteiger partial charge is 0.458 e. The molecule has 274 valence electrons. The van der Waals surface area contributed by atoms with E-state index in [4.69, 9.17) is 33.2 Å². The fraction of sp³-hybridized carbons (Fsp3) is 0.861. The molecule has 8 aliphatic rings. The highest BCUT2D eigenvalue weighted by atomic mass is 16.7. The number of aliphatic hydroxyl groups is 5. The summed E-state index contributed by atoms with van der Waals surface area (Å²) in [5.74, 6) is 0.612. The molecular weight excluding hydrogens is 640 g/mol. The van der Waals surface area contributed by atoms with Crippen LogP contribution in [0, 0.1) is 22.7 Å². The second-order valence-corrected chi connectivity index (χ2v) is 16.3. The van der Waals surface area contributed by atoms with E-state index < -0.39 is 68.0 Å². The topological polar surface area (TPSA) is 186 Å². The predicted octanol–water partition coefficient (Wildman–Crippen LogP) is 1.02. The van der Waals surface area contributed by atoms with Crippen molar-refractivity contribution in [2.75, 3.05) is 20.3 Å². The van der Waals surface area contributed by atoms with E-state index in [0.29, 0.717) is 18.4 Å². The molecule has 5 N–H and O–H groups in total. The number of fused-ring (bicyclic) bond motifs is 2.